The van der Waals surface area contributed by atoms with Gasteiger partial charge >= 0.3 is 0 Å². The van der Waals surface area contributed by atoms with Gasteiger partial charge in [-0.05, 0) is 81.5 Å². The summed E-state index contributed by atoms with van der Waals surface area (Å²) in [5.74, 6) is -2.60. The number of halogens is 4. The van der Waals surface area contributed by atoms with Gasteiger partial charge in [0.2, 0.25) is 5.91 Å². The van der Waals surface area contributed by atoms with E-state index >= 15 is 8.78 Å². The molecule has 2 atom stereocenters. The third-order valence-electron chi connectivity index (χ3n) is 12.4. The van der Waals surface area contributed by atoms with E-state index in [2.05, 4.69) is 33.6 Å². The maximum Gasteiger partial charge on any atom is 0.280 e. The summed E-state index contributed by atoms with van der Waals surface area (Å²) in [4.78, 5) is 19.6. The number of alkyl halides is 4. The lowest BCUT2D eigenvalue weighted by molar-refractivity contribution is -0.0947. The van der Waals surface area contributed by atoms with Crippen LogP contribution in [-0.2, 0) is 20.0 Å². The molecule has 2 N–H and O–H groups in total. The van der Waals surface area contributed by atoms with Gasteiger partial charge in [0, 0.05) is 104 Å². The SMILES string of the molecule is CN1CCc2c(c(N3CCCC4(C)CC(c5cnn(C)c5)=C(C(F)F)C=C34)nn2C2CCN(C3CCN(c4ccc(C(N)=O)cc4)CC3(F)F)CC2)C1. The second kappa shape index (κ2) is 13.6. The van der Waals surface area contributed by atoms with E-state index in [9.17, 15) is 13.6 Å². The van der Waals surface area contributed by atoms with Gasteiger partial charge in [-0.1, -0.05) is 6.92 Å². The number of amides is 1. The predicted molar refractivity (Wildman–Crippen MR) is 196 cm³/mol. The number of anilines is 2. The van der Waals surface area contributed by atoms with Crippen LogP contribution in [0.3, 0.4) is 0 Å². The fraction of sp³-hybridized carbons (Fsp3) is 0.564. The number of rotatable bonds is 7. The van der Waals surface area contributed by atoms with E-state index in [1.807, 2.05) is 11.1 Å². The maximum absolute atomic E-state index is 15.8. The molecule has 284 valence electrons. The smallest absolute Gasteiger partial charge is 0.280 e. The predicted octanol–water partition coefficient (Wildman–Crippen LogP) is 5.87. The highest BCUT2D eigenvalue weighted by molar-refractivity contribution is 5.93. The number of fused-ring (bicyclic) bond motifs is 2. The Morgan fingerprint density at radius 3 is 2.43 bits per heavy atom. The first kappa shape index (κ1) is 35.8. The monoisotopic (exact) mass is 735 g/mol. The Morgan fingerprint density at radius 2 is 1.77 bits per heavy atom. The number of likely N-dealkylation sites (tertiary alicyclic amines) is 1. The molecule has 8 rings (SSSR count). The molecular formula is C39H49F4N9O. The summed E-state index contributed by atoms with van der Waals surface area (Å²) in [5, 5.41) is 9.60. The van der Waals surface area contributed by atoms with Crippen molar-refractivity contribution in [2.24, 2.45) is 18.2 Å². The topological polar surface area (TPSA) is 91.7 Å². The summed E-state index contributed by atoms with van der Waals surface area (Å²) in [6, 6.07) is 5.75. The Morgan fingerprint density at radius 1 is 1.02 bits per heavy atom. The van der Waals surface area contributed by atoms with E-state index in [-0.39, 0.29) is 23.6 Å². The van der Waals surface area contributed by atoms with Gasteiger partial charge in [0.05, 0.1) is 24.8 Å². The van der Waals surface area contributed by atoms with E-state index in [4.69, 9.17) is 10.8 Å². The second-order valence-corrected chi connectivity index (χ2v) is 16.0. The van der Waals surface area contributed by atoms with Crippen LogP contribution in [0, 0.1) is 5.41 Å². The fourth-order valence-corrected chi connectivity index (χ4v) is 9.58. The molecule has 3 aromatic rings. The zero-order chi connectivity index (χ0) is 37.2. The van der Waals surface area contributed by atoms with Crippen molar-refractivity contribution in [3.05, 3.63) is 76.4 Å². The molecule has 53 heavy (non-hydrogen) atoms. The van der Waals surface area contributed by atoms with Gasteiger partial charge in [0.1, 0.15) is 0 Å². The summed E-state index contributed by atoms with van der Waals surface area (Å²) >= 11 is 0. The number of likely N-dealkylation sites (N-methyl/N-ethyl adjacent to an activating group) is 1. The minimum absolute atomic E-state index is 0.0544. The van der Waals surface area contributed by atoms with Gasteiger partial charge in [-0.2, -0.15) is 10.2 Å². The molecule has 0 spiro atoms. The third-order valence-corrected chi connectivity index (χ3v) is 12.4. The van der Waals surface area contributed by atoms with Crippen LogP contribution in [0.5, 0.6) is 0 Å². The Hall–Kier alpha value is -4.17. The first-order valence-corrected chi connectivity index (χ1v) is 18.9. The average Bonchev–Trinajstić information content (AvgIpc) is 3.73. The number of piperidine rings is 3. The van der Waals surface area contributed by atoms with Crippen LogP contribution in [-0.4, -0.2) is 100.0 Å². The summed E-state index contributed by atoms with van der Waals surface area (Å²) in [7, 11) is 3.90. The largest absolute Gasteiger partial charge is 0.366 e. The number of carbonyl (C=O) groups excluding carboxylic acids is 1. The van der Waals surface area contributed by atoms with Crippen molar-refractivity contribution in [3.8, 4) is 0 Å². The van der Waals surface area contributed by atoms with E-state index in [1.54, 1.807) is 53.2 Å². The first-order valence-electron chi connectivity index (χ1n) is 18.9. The summed E-state index contributed by atoms with van der Waals surface area (Å²) in [5.41, 5.74) is 10.7. The molecule has 14 heteroatoms. The number of aryl methyl sites for hydroxylation is 1. The molecule has 3 saturated heterocycles. The molecular weight excluding hydrogens is 686 g/mol. The van der Waals surface area contributed by atoms with Crippen LogP contribution >= 0.6 is 0 Å². The number of nitrogens with zero attached hydrogens (tertiary/aromatic N) is 8. The van der Waals surface area contributed by atoms with E-state index < -0.39 is 24.3 Å². The molecule has 3 fully saturated rings. The normalized spacial score (nSPS) is 25.8. The van der Waals surface area contributed by atoms with Crippen molar-refractivity contribution >= 4 is 23.0 Å². The molecule has 6 heterocycles. The van der Waals surface area contributed by atoms with Crippen molar-refractivity contribution in [2.75, 3.05) is 56.1 Å². The Kier molecular flexibility index (Phi) is 9.19. The van der Waals surface area contributed by atoms with Gasteiger partial charge in [-0.15, -0.1) is 0 Å². The quantitative estimate of drug-likeness (QED) is 0.304. The molecule has 1 aliphatic carbocycles. The molecule has 4 aliphatic heterocycles. The van der Waals surface area contributed by atoms with Gasteiger partial charge < -0.3 is 20.4 Å². The minimum Gasteiger partial charge on any atom is -0.366 e. The number of allylic oxidation sites excluding steroid dienone is 4. The highest BCUT2D eigenvalue weighted by Crippen LogP contribution is 2.52. The molecule has 0 bridgehead atoms. The Balaban J connectivity index is 1.03. The Labute approximate surface area is 307 Å². The van der Waals surface area contributed by atoms with Crippen LogP contribution in [0.4, 0.5) is 29.1 Å². The van der Waals surface area contributed by atoms with E-state index in [0.29, 0.717) is 68.7 Å². The standard InChI is InChI=1S/C39H49F4N9O/c1-38-13-4-14-51(34(38)19-29(35(40)41)30(20-38)26-21-45-48(3)22-26)37-31-23-47(2)15-11-32(31)52(46-37)28-9-16-49(17-10-28)33-12-18-50(24-39(33,42)43)27-7-5-25(6-8-27)36(44)53/h5-8,19,21-22,28,33,35H,4,9-18,20,23-24H2,1-3H3,(H2,44,53). The average molecular weight is 736 g/mol. The summed E-state index contributed by atoms with van der Waals surface area (Å²) in [6.07, 6.45) is 7.50. The van der Waals surface area contributed by atoms with Crippen LogP contribution in [0.25, 0.3) is 5.57 Å². The van der Waals surface area contributed by atoms with Crippen molar-refractivity contribution < 1.29 is 22.4 Å². The zero-order valence-electron chi connectivity index (χ0n) is 30.7. The van der Waals surface area contributed by atoms with Gasteiger partial charge in [-0.25, -0.2) is 17.6 Å². The maximum atomic E-state index is 15.8. The van der Waals surface area contributed by atoms with Crippen LogP contribution < -0.4 is 15.5 Å². The fourth-order valence-electron chi connectivity index (χ4n) is 9.58. The lowest BCUT2D eigenvalue weighted by Crippen LogP contribution is -2.59. The third kappa shape index (κ3) is 6.55. The highest BCUT2D eigenvalue weighted by Gasteiger charge is 2.49. The van der Waals surface area contributed by atoms with Crippen molar-refractivity contribution in [2.45, 2.75) is 82.8 Å². The van der Waals surface area contributed by atoms with Gasteiger partial charge in [0.15, 0.2) is 5.82 Å². The number of carbonyl (C=O) groups is 1. The van der Waals surface area contributed by atoms with Crippen molar-refractivity contribution in [3.63, 3.8) is 0 Å². The van der Waals surface area contributed by atoms with Crippen LogP contribution in [0.15, 0.2) is 54.0 Å². The number of primary amides is 1. The number of benzene rings is 1. The molecule has 2 unspecified atom stereocenters. The molecule has 1 amide bonds. The lowest BCUT2D eigenvalue weighted by atomic mass is 9.69. The molecule has 1 aromatic carbocycles. The van der Waals surface area contributed by atoms with E-state index in [0.717, 1.165) is 55.0 Å². The minimum atomic E-state index is -2.91. The number of nitrogens with two attached hydrogens (primary N) is 1. The molecule has 5 aliphatic rings. The van der Waals surface area contributed by atoms with Crippen LogP contribution in [0.2, 0.25) is 0 Å². The molecule has 0 radical (unpaired) electrons. The van der Waals surface area contributed by atoms with E-state index in [1.165, 1.54) is 5.69 Å². The molecule has 0 saturated carbocycles. The Bertz CT molecular complexity index is 1930. The van der Waals surface area contributed by atoms with Crippen molar-refractivity contribution in [1.29, 1.82) is 0 Å². The lowest BCUT2D eigenvalue weighted by Gasteiger charge is -2.47. The highest BCUT2D eigenvalue weighted by atomic mass is 19.3. The number of hydrogen-bond acceptors (Lipinski definition) is 7. The zero-order valence-corrected chi connectivity index (χ0v) is 30.7. The number of aromatic nitrogens is 4. The van der Waals surface area contributed by atoms with Crippen molar-refractivity contribution in [1.82, 2.24) is 29.4 Å². The molecule has 2 aromatic heterocycles. The second-order valence-electron chi connectivity index (χ2n) is 16.0. The van der Waals surface area contributed by atoms with Crippen LogP contribution in [0.1, 0.15) is 78.7 Å². The van der Waals surface area contributed by atoms with Gasteiger partial charge in [-0.3, -0.25) is 19.1 Å². The first-order chi connectivity index (χ1) is 25.3. The molecule has 10 nitrogen and oxygen atoms in total. The summed E-state index contributed by atoms with van der Waals surface area (Å²) < 4.78 is 65.0. The number of hydrogen-bond donors (Lipinski definition) is 1. The van der Waals surface area contributed by atoms with Gasteiger partial charge in [0.25, 0.3) is 12.3 Å². The summed E-state index contributed by atoms with van der Waals surface area (Å²) in [6.45, 7) is 5.72.